The van der Waals surface area contributed by atoms with Gasteiger partial charge in [0.1, 0.15) is 5.78 Å². The van der Waals surface area contributed by atoms with Gasteiger partial charge in [-0.05, 0) is 63.4 Å². The van der Waals surface area contributed by atoms with E-state index < -0.39 is 0 Å². The molecule has 2 saturated carbocycles. The van der Waals surface area contributed by atoms with Crippen LogP contribution in [-0.4, -0.2) is 23.2 Å². The van der Waals surface area contributed by atoms with E-state index in [0.29, 0.717) is 24.5 Å². The Balaban J connectivity index is 0.000000526. The van der Waals surface area contributed by atoms with Gasteiger partial charge in [-0.15, -0.1) is 0 Å². The van der Waals surface area contributed by atoms with E-state index in [1.807, 2.05) is 88.1 Å². The summed E-state index contributed by atoms with van der Waals surface area (Å²) in [5.41, 5.74) is 1.09. The Labute approximate surface area is 179 Å². The summed E-state index contributed by atoms with van der Waals surface area (Å²) in [7, 11) is 0. The Kier molecular flexibility index (Phi) is 13.6. The van der Waals surface area contributed by atoms with Crippen LogP contribution in [0.25, 0.3) is 0 Å². The van der Waals surface area contributed by atoms with E-state index in [0.717, 1.165) is 11.5 Å². The average molecular weight is 421 g/mol. The molecule has 3 rings (SSSR count). The van der Waals surface area contributed by atoms with Gasteiger partial charge < -0.3 is 5.32 Å². The van der Waals surface area contributed by atoms with Crippen LogP contribution >= 0.6 is 11.8 Å². The van der Waals surface area contributed by atoms with Crippen LogP contribution in [0.3, 0.4) is 0 Å². The van der Waals surface area contributed by atoms with Crippen molar-refractivity contribution >= 4 is 23.5 Å². The standard InChI is InChI=1S/C17H18NO2S.C5H5.Fe/c19-16(15-8-4-5-9-15)10-11-21-13-17(20)18-12-14-6-2-1-3-7-14;1-2-4-5-3-1;/h1-9H,10-13H2,(H,18,20);1-5H;/q;;+2. The Hall–Kier alpha value is -0.771. The maximum absolute atomic E-state index is 11.7. The number of benzene rings is 1. The molecule has 0 aliphatic heterocycles. The van der Waals surface area contributed by atoms with E-state index in [4.69, 9.17) is 0 Å². The van der Waals surface area contributed by atoms with Crippen LogP contribution in [0.1, 0.15) is 12.0 Å². The van der Waals surface area contributed by atoms with Crippen molar-refractivity contribution < 1.29 is 26.7 Å². The third-order valence-electron chi connectivity index (χ3n) is 3.58. The Bertz CT molecular complexity index is 521. The van der Waals surface area contributed by atoms with E-state index in [1.165, 1.54) is 11.8 Å². The van der Waals surface area contributed by atoms with Crippen LogP contribution in [0, 0.1) is 63.7 Å². The molecule has 0 spiro atoms. The second-order valence-corrected chi connectivity index (χ2v) is 6.73. The van der Waals surface area contributed by atoms with Crippen molar-refractivity contribution in [3.63, 3.8) is 0 Å². The molecule has 1 amide bonds. The number of Topliss-reactive ketones (excluding diaryl/α,β-unsaturated/α-hetero) is 1. The van der Waals surface area contributed by atoms with Gasteiger partial charge in [0.25, 0.3) is 0 Å². The van der Waals surface area contributed by atoms with Gasteiger partial charge in [0.15, 0.2) is 0 Å². The summed E-state index contributed by atoms with van der Waals surface area (Å²) >= 11 is 1.49. The summed E-state index contributed by atoms with van der Waals surface area (Å²) in [6, 6.07) is 9.81. The van der Waals surface area contributed by atoms with Gasteiger partial charge in [0, 0.05) is 24.6 Å². The molecule has 2 aliphatic carbocycles. The van der Waals surface area contributed by atoms with Crippen LogP contribution < -0.4 is 5.32 Å². The summed E-state index contributed by atoms with van der Waals surface area (Å²) in [5, 5.41) is 2.87. The van der Waals surface area contributed by atoms with Crippen molar-refractivity contribution in [2.45, 2.75) is 13.0 Å². The average Bonchev–Trinajstić information content (AvgIpc) is 3.40. The number of nitrogens with one attached hydrogen (secondary N) is 1. The number of rotatable bonds is 8. The summed E-state index contributed by atoms with van der Waals surface area (Å²) in [6.07, 6.45) is 17.8. The molecule has 1 aromatic rings. The zero-order chi connectivity index (χ0) is 18.5. The van der Waals surface area contributed by atoms with E-state index in [9.17, 15) is 9.59 Å². The number of amides is 1. The fraction of sp³-hybridized carbons (Fsp3) is 0.182. The molecule has 0 unspecified atom stereocenters. The van der Waals surface area contributed by atoms with Crippen molar-refractivity contribution in [3.05, 3.63) is 99.6 Å². The number of hydrogen-bond acceptors (Lipinski definition) is 3. The van der Waals surface area contributed by atoms with Crippen molar-refractivity contribution in [3.8, 4) is 0 Å². The first-order valence-electron chi connectivity index (χ1n) is 8.55. The fourth-order valence-electron chi connectivity index (χ4n) is 2.20. The van der Waals surface area contributed by atoms with Gasteiger partial charge in [-0.2, -0.15) is 11.8 Å². The molecule has 10 radical (unpaired) electrons. The Morgan fingerprint density at radius 1 is 0.852 bits per heavy atom. The van der Waals surface area contributed by atoms with Crippen molar-refractivity contribution in [1.29, 1.82) is 0 Å². The van der Waals surface area contributed by atoms with Gasteiger partial charge in [-0.25, -0.2) is 0 Å². The second kappa shape index (κ2) is 15.2. The van der Waals surface area contributed by atoms with Crippen LogP contribution in [0.15, 0.2) is 30.3 Å². The smallest absolute Gasteiger partial charge is 0.351 e. The summed E-state index contributed by atoms with van der Waals surface area (Å²) in [5.74, 6) is 1.95. The first-order valence-corrected chi connectivity index (χ1v) is 9.71. The summed E-state index contributed by atoms with van der Waals surface area (Å²) < 4.78 is 0. The van der Waals surface area contributed by atoms with Gasteiger partial charge in [-0.3, -0.25) is 9.59 Å². The quantitative estimate of drug-likeness (QED) is 0.517. The molecular formula is C22H23FeNO2S+2. The maximum Gasteiger partial charge on any atom is 2.00 e. The molecule has 2 aliphatic rings. The number of carbonyl (C=O) groups is 2. The van der Waals surface area contributed by atoms with Crippen LogP contribution in [-0.2, 0) is 33.2 Å². The predicted octanol–water partition coefficient (Wildman–Crippen LogP) is 3.42. The third-order valence-corrected chi connectivity index (χ3v) is 4.54. The van der Waals surface area contributed by atoms with Gasteiger partial charge >= 0.3 is 17.1 Å². The van der Waals surface area contributed by atoms with Crippen LogP contribution in [0.5, 0.6) is 0 Å². The largest absolute Gasteiger partial charge is 2.00 e. The zero-order valence-electron chi connectivity index (χ0n) is 15.0. The van der Waals surface area contributed by atoms with Crippen LogP contribution in [0.4, 0.5) is 0 Å². The van der Waals surface area contributed by atoms with E-state index in [2.05, 4.69) is 5.32 Å². The van der Waals surface area contributed by atoms with Crippen molar-refractivity contribution in [1.82, 2.24) is 5.32 Å². The molecule has 0 heterocycles. The molecule has 0 bridgehead atoms. The minimum atomic E-state index is 0. The van der Waals surface area contributed by atoms with Gasteiger partial charge in [-0.1, -0.05) is 30.3 Å². The van der Waals surface area contributed by atoms with E-state index in [1.54, 1.807) is 0 Å². The molecule has 5 heteroatoms. The molecule has 1 aromatic carbocycles. The van der Waals surface area contributed by atoms with Gasteiger partial charge in [0.05, 0.1) is 5.75 Å². The van der Waals surface area contributed by atoms with Crippen LogP contribution in [0.2, 0.25) is 0 Å². The zero-order valence-corrected chi connectivity index (χ0v) is 16.9. The number of ketones is 1. The molecule has 0 atom stereocenters. The SMILES string of the molecule is O=C(CSCCC(=O)[C]1[CH][CH][CH][CH]1)NCc1ccccc1.[CH]1[CH][CH][CH][CH]1.[Fe+2]. The molecule has 140 valence electrons. The third kappa shape index (κ3) is 11.0. The first kappa shape index (κ1) is 24.3. The summed E-state index contributed by atoms with van der Waals surface area (Å²) in [4.78, 5) is 23.4. The molecule has 0 saturated heterocycles. The second-order valence-electron chi connectivity index (χ2n) is 5.62. The maximum atomic E-state index is 11.7. The monoisotopic (exact) mass is 421 g/mol. The van der Waals surface area contributed by atoms with Gasteiger partial charge in [0.2, 0.25) is 5.91 Å². The molecular weight excluding hydrogens is 398 g/mol. The first-order chi connectivity index (χ1) is 12.8. The number of thioether (sulfide) groups is 1. The normalized spacial score (nSPS) is 16.1. The van der Waals surface area contributed by atoms with Crippen molar-refractivity contribution in [2.24, 2.45) is 0 Å². The predicted molar refractivity (Wildman–Crippen MR) is 107 cm³/mol. The topological polar surface area (TPSA) is 46.2 Å². The molecule has 0 aromatic heterocycles. The minimum absolute atomic E-state index is 0. The molecule has 3 nitrogen and oxygen atoms in total. The number of carbonyl (C=O) groups excluding carboxylic acids is 2. The fourth-order valence-corrected chi connectivity index (χ4v) is 2.96. The molecule has 2 fully saturated rings. The summed E-state index contributed by atoms with van der Waals surface area (Å²) in [6.45, 7) is 0.548. The molecule has 27 heavy (non-hydrogen) atoms. The number of hydrogen-bond donors (Lipinski definition) is 1. The Morgan fingerprint density at radius 2 is 1.44 bits per heavy atom. The Morgan fingerprint density at radius 3 is 2.04 bits per heavy atom. The molecule has 1 N–H and O–H groups in total. The van der Waals surface area contributed by atoms with E-state index in [-0.39, 0.29) is 28.8 Å². The van der Waals surface area contributed by atoms with Crippen molar-refractivity contribution in [2.75, 3.05) is 11.5 Å². The minimum Gasteiger partial charge on any atom is -0.351 e. The van der Waals surface area contributed by atoms with E-state index >= 15 is 0 Å².